The Hall–Kier alpha value is -1.07. The number of methoxy groups -OCH3 is 2. The van der Waals surface area contributed by atoms with Crippen molar-refractivity contribution in [1.29, 1.82) is 0 Å². The van der Waals surface area contributed by atoms with Crippen LogP contribution in [0.2, 0.25) is 0 Å². The Morgan fingerprint density at radius 1 is 1.32 bits per heavy atom. The summed E-state index contributed by atoms with van der Waals surface area (Å²) >= 11 is 3.42. The first-order chi connectivity index (χ1) is 9.19. The van der Waals surface area contributed by atoms with Crippen molar-refractivity contribution in [3.05, 3.63) is 22.2 Å². The minimum Gasteiger partial charge on any atom is -0.495 e. The van der Waals surface area contributed by atoms with Gasteiger partial charge in [-0.15, -0.1) is 0 Å². The van der Waals surface area contributed by atoms with Gasteiger partial charge < -0.3 is 14.8 Å². The van der Waals surface area contributed by atoms with Crippen molar-refractivity contribution in [3.63, 3.8) is 0 Å². The number of ketones is 1. The summed E-state index contributed by atoms with van der Waals surface area (Å²) in [5.41, 5.74) is 0.592. The van der Waals surface area contributed by atoms with Crippen LogP contribution in [-0.4, -0.2) is 32.6 Å². The number of carbonyl (C=O) groups excluding carboxylic acids is 1. The molecule has 0 aliphatic carbocycles. The fraction of sp³-hybridized carbons (Fsp3) is 0.500. The molecule has 0 aromatic heterocycles. The fourth-order valence-corrected chi connectivity index (χ4v) is 3.02. The van der Waals surface area contributed by atoms with Crippen molar-refractivity contribution >= 4 is 21.7 Å². The average molecular weight is 328 g/mol. The van der Waals surface area contributed by atoms with Crippen molar-refractivity contribution in [1.82, 2.24) is 5.32 Å². The number of ether oxygens (including phenoxy) is 2. The molecule has 1 N–H and O–H groups in total. The monoisotopic (exact) mass is 327 g/mol. The zero-order chi connectivity index (χ0) is 13.8. The van der Waals surface area contributed by atoms with Crippen LogP contribution >= 0.6 is 15.9 Å². The number of Topliss-reactive ketones (excluding diaryl/α,β-unsaturated/α-hetero) is 1. The number of benzene rings is 1. The van der Waals surface area contributed by atoms with Crippen molar-refractivity contribution < 1.29 is 14.3 Å². The van der Waals surface area contributed by atoms with Gasteiger partial charge in [-0.05, 0) is 47.4 Å². The van der Waals surface area contributed by atoms with E-state index in [4.69, 9.17) is 9.47 Å². The number of hydrogen-bond acceptors (Lipinski definition) is 4. The second-order valence-corrected chi connectivity index (χ2v) is 5.32. The Kier molecular flexibility index (Phi) is 4.82. The Bertz CT molecular complexity index is 470. The highest BCUT2D eigenvalue weighted by atomic mass is 79.9. The van der Waals surface area contributed by atoms with Gasteiger partial charge in [-0.2, -0.15) is 0 Å². The fourth-order valence-electron chi connectivity index (χ4n) is 2.35. The summed E-state index contributed by atoms with van der Waals surface area (Å²) in [6.07, 6.45) is 3.10. The van der Waals surface area contributed by atoms with Gasteiger partial charge in [0.1, 0.15) is 16.0 Å². The zero-order valence-electron chi connectivity index (χ0n) is 11.2. The average Bonchev–Trinajstić information content (AvgIpc) is 2.47. The van der Waals surface area contributed by atoms with Gasteiger partial charge in [-0.3, -0.25) is 4.79 Å². The predicted octanol–water partition coefficient (Wildman–Crippen LogP) is 2.79. The lowest BCUT2D eigenvalue weighted by molar-refractivity contribution is 0.0924. The standard InChI is InChI=1S/C14H18BrNO3/c1-18-11-7-6-9(14(19-2)12(11)15)13(17)10-5-3-4-8-16-10/h6-7,10,16H,3-5,8H2,1-2H3. The molecule has 1 fully saturated rings. The summed E-state index contributed by atoms with van der Waals surface area (Å²) in [6.45, 7) is 0.899. The first-order valence-electron chi connectivity index (χ1n) is 6.37. The van der Waals surface area contributed by atoms with E-state index in [1.807, 2.05) is 0 Å². The quantitative estimate of drug-likeness (QED) is 0.864. The van der Waals surface area contributed by atoms with E-state index in [0.29, 0.717) is 21.5 Å². The van der Waals surface area contributed by atoms with Gasteiger partial charge in [-0.25, -0.2) is 0 Å². The molecule has 1 aliphatic rings. The number of carbonyl (C=O) groups is 1. The molecule has 1 unspecified atom stereocenters. The lowest BCUT2D eigenvalue weighted by Gasteiger charge is -2.23. The van der Waals surface area contributed by atoms with Gasteiger partial charge in [0, 0.05) is 0 Å². The van der Waals surface area contributed by atoms with Crippen LogP contribution in [0.1, 0.15) is 29.6 Å². The van der Waals surface area contributed by atoms with Crippen LogP contribution < -0.4 is 14.8 Å². The summed E-state index contributed by atoms with van der Waals surface area (Å²) in [6, 6.07) is 3.44. The van der Waals surface area contributed by atoms with Crippen molar-refractivity contribution in [2.24, 2.45) is 0 Å². The van der Waals surface area contributed by atoms with E-state index in [0.717, 1.165) is 25.8 Å². The highest BCUT2D eigenvalue weighted by Crippen LogP contribution is 2.37. The number of piperidine rings is 1. The van der Waals surface area contributed by atoms with Gasteiger partial charge in [0.05, 0.1) is 25.8 Å². The summed E-state index contributed by atoms with van der Waals surface area (Å²) in [4.78, 5) is 12.5. The molecular formula is C14H18BrNO3. The van der Waals surface area contributed by atoms with E-state index >= 15 is 0 Å². The molecule has 19 heavy (non-hydrogen) atoms. The Labute approximate surface area is 121 Å². The molecule has 5 heteroatoms. The summed E-state index contributed by atoms with van der Waals surface area (Å²) in [5.74, 6) is 1.28. The second-order valence-electron chi connectivity index (χ2n) is 4.53. The van der Waals surface area contributed by atoms with Crippen molar-refractivity contribution in [3.8, 4) is 11.5 Å². The van der Waals surface area contributed by atoms with E-state index in [2.05, 4.69) is 21.2 Å². The minimum atomic E-state index is -0.108. The first kappa shape index (κ1) is 14.3. The van der Waals surface area contributed by atoms with Crippen molar-refractivity contribution in [2.45, 2.75) is 25.3 Å². The highest BCUT2D eigenvalue weighted by molar-refractivity contribution is 9.10. The smallest absolute Gasteiger partial charge is 0.183 e. The molecule has 1 heterocycles. The van der Waals surface area contributed by atoms with Gasteiger partial charge in [-0.1, -0.05) is 6.42 Å². The number of rotatable bonds is 4. The summed E-state index contributed by atoms with van der Waals surface area (Å²) in [7, 11) is 3.15. The van der Waals surface area contributed by atoms with E-state index in [1.54, 1.807) is 26.4 Å². The predicted molar refractivity (Wildman–Crippen MR) is 77.2 cm³/mol. The second kappa shape index (κ2) is 6.39. The SMILES string of the molecule is COc1ccc(C(=O)C2CCCCN2)c(OC)c1Br. The molecule has 0 radical (unpaired) electrons. The number of halogens is 1. The molecule has 0 amide bonds. The summed E-state index contributed by atoms with van der Waals surface area (Å²) in [5, 5.41) is 3.27. The lowest BCUT2D eigenvalue weighted by Crippen LogP contribution is -2.40. The molecule has 1 aromatic carbocycles. The summed E-state index contributed by atoms with van der Waals surface area (Å²) < 4.78 is 11.2. The molecular weight excluding hydrogens is 310 g/mol. The maximum Gasteiger partial charge on any atom is 0.183 e. The number of hydrogen-bond donors (Lipinski definition) is 1. The topological polar surface area (TPSA) is 47.6 Å². The molecule has 4 nitrogen and oxygen atoms in total. The normalized spacial score (nSPS) is 19.0. The van der Waals surface area contributed by atoms with Gasteiger partial charge in [0.2, 0.25) is 0 Å². The Balaban J connectivity index is 2.33. The molecule has 1 atom stereocenters. The van der Waals surface area contributed by atoms with Crippen molar-refractivity contribution in [2.75, 3.05) is 20.8 Å². The third-order valence-corrected chi connectivity index (χ3v) is 4.13. The van der Waals surface area contributed by atoms with Crippen LogP contribution in [0.15, 0.2) is 16.6 Å². The van der Waals surface area contributed by atoms with E-state index < -0.39 is 0 Å². The molecule has 1 aliphatic heterocycles. The van der Waals surface area contributed by atoms with E-state index in [-0.39, 0.29) is 11.8 Å². The molecule has 1 aromatic rings. The van der Waals surface area contributed by atoms with Crippen LogP contribution in [0.3, 0.4) is 0 Å². The van der Waals surface area contributed by atoms with Gasteiger partial charge in [0.15, 0.2) is 5.78 Å². The first-order valence-corrected chi connectivity index (χ1v) is 7.16. The van der Waals surface area contributed by atoms with Gasteiger partial charge >= 0.3 is 0 Å². The van der Waals surface area contributed by atoms with Crippen LogP contribution in [0.25, 0.3) is 0 Å². The maximum atomic E-state index is 12.5. The molecule has 0 saturated carbocycles. The molecule has 2 rings (SSSR count). The highest BCUT2D eigenvalue weighted by Gasteiger charge is 2.26. The Morgan fingerprint density at radius 2 is 2.11 bits per heavy atom. The van der Waals surface area contributed by atoms with Crippen LogP contribution in [0, 0.1) is 0 Å². The van der Waals surface area contributed by atoms with Crippen LogP contribution in [0.5, 0.6) is 11.5 Å². The molecule has 104 valence electrons. The molecule has 0 bridgehead atoms. The molecule has 0 spiro atoms. The lowest BCUT2D eigenvalue weighted by atomic mass is 9.96. The Morgan fingerprint density at radius 3 is 2.68 bits per heavy atom. The third-order valence-electron chi connectivity index (χ3n) is 3.38. The van der Waals surface area contributed by atoms with Gasteiger partial charge in [0.25, 0.3) is 0 Å². The van der Waals surface area contributed by atoms with Crippen LogP contribution in [-0.2, 0) is 0 Å². The largest absolute Gasteiger partial charge is 0.495 e. The third kappa shape index (κ3) is 2.92. The maximum absolute atomic E-state index is 12.5. The number of nitrogens with one attached hydrogen (secondary N) is 1. The van der Waals surface area contributed by atoms with E-state index in [9.17, 15) is 4.79 Å². The molecule has 1 saturated heterocycles. The minimum absolute atomic E-state index is 0.0832. The van der Waals surface area contributed by atoms with E-state index in [1.165, 1.54) is 0 Å². The van der Waals surface area contributed by atoms with Crippen LogP contribution in [0.4, 0.5) is 0 Å². The zero-order valence-corrected chi connectivity index (χ0v) is 12.7.